The third-order valence-electron chi connectivity index (χ3n) is 3.19. The lowest BCUT2D eigenvalue weighted by Gasteiger charge is -2.14. The van der Waals surface area contributed by atoms with Gasteiger partial charge >= 0.3 is 0 Å². The van der Waals surface area contributed by atoms with Crippen LogP contribution in [0.3, 0.4) is 0 Å². The molecule has 2 heterocycles. The van der Waals surface area contributed by atoms with Crippen molar-refractivity contribution in [2.75, 3.05) is 7.05 Å². The number of nitrogens with one attached hydrogen (secondary N) is 1. The number of likely N-dealkylation sites (N-methyl/N-ethyl adjacent to an activating group) is 1. The predicted molar refractivity (Wildman–Crippen MR) is 77.3 cm³/mol. The summed E-state index contributed by atoms with van der Waals surface area (Å²) >= 11 is 1.50. The second-order valence-corrected chi connectivity index (χ2v) is 5.37. The van der Waals surface area contributed by atoms with Crippen molar-refractivity contribution in [1.29, 1.82) is 0 Å². The molecule has 0 aliphatic heterocycles. The molecule has 2 aromatic rings. The third-order valence-corrected chi connectivity index (χ3v) is 4.07. The standard InChI is InChI=1S/C13H21N5S/c1-4-6-11-13(19-17-16-11)12(14-3)7-10-8-15-18(5-2)9-10/h8-9,12,14H,4-7H2,1-3H3. The zero-order valence-corrected chi connectivity index (χ0v) is 12.6. The van der Waals surface area contributed by atoms with Crippen molar-refractivity contribution in [3.05, 3.63) is 28.5 Å². The molecule has 1 atom stereocenters. The minimum Gasteiger partial charge on any atom is -0.312 e. The van der Waals surface area contributed by atoms with Gasteiger partial charge in [0.1, 0.15) is 0 Å². The fourth-order valence-electron chi connectivity index (χ4n) is 2.14. The van der Waals surface area contributed by atoms with Crippen molar-refractivity contribution in [2.45, 2.75) is 45.7 Å². The number of hydrogen-bond donors (Lipinski definition) is 1. The largest absolute Gasteiger partial charge is 0.312 e. The Hall–Kier alpha value is -1.27. The summed E-state index contributed by atoms with van der Waals surface area (Å²) in [6.45, 7) is 5.18. The van der Waals surface area contributed by atoms with Crippen molar-refractivity contribution in [1.82, 2.24) is 24.7 Å². The molecular weight excluding hydrogens is 258 g/mol. The highest BCUT2D eigenvalue weighted by Gasteiger charge is 2.18. The van der Waals surface area contributed by atoms with Gasteiger partial charge in [-0.3, -0.25) is 4.68 Å². The Morgan fingerprint density at radius 2 is 2.26 bits per heavy atom. The van der Waals surface area contributed by atoms with Crippen LogP contribution in [-0.2, 0) is 19.4 Å². The van der Waals surface area contributed by atoms with Crippen LogP contribution in [0.1, 0.15) is 42.4 Å². The first-order valence-corrected chi connectivity index (χ1v) is 7.55. The highest BCUT2D eigenvalue weighted by atomic mass is 32.1. The molecule has 0 bridgehead atoms. The zero-order chi connectivity index (χ0) is 13.7. The van der Waals surface area contributed by atoms with E-state index in [2.05, 4.69) is 40.0 Å². The van der Waals surface area contributed by atoms with Gasteiger partial charge in [0, 0.05) is 18.8 Å². The molecule has 6 heteroatoms. The molecular formula is C13H21N5S. The van der Waals surface area contributed by atoms with Crippen LogP contribution < -0.4 is 5.32 Å². The van der Waals surface area contributed by atoms with Gasteiger partial charge in [-0.05, 0) is 43.9 Å². The summed E-state index contributed by atoms with van der Waals surface area (Å²) in [5.41, 5.74) is 2.38. The molecule has 0 saturated heterocycles. The molecule has 5 nitrogen and oxygen atoms in total. The quantitative estimate of drug-likeness (QED) is 0.844. The van der Waals surface area contributed by atoms with Crippen LogP contribution in [0.15, 0.2) is 12.4 Å². The van der Waals surface area contributed by atoms with Gasteiger partial charge < -0.3 is 5.32 Å². The first kappa shape index (κ1) is 14.1. The van der Waals surface area contributed by atoms with Gasteiger partial charge in [0.15, 0.2) is 0 Å². The Morgan fingerprint density at radius 1 is 1.42 bits per heavy atom. The van der Waals surface area contributed by atoms with E-state index in [0.29, 0.717) is 0 Å². The van der Waals surface area contributed by atoms with Crippen molar-refractivity contribution in [3.8, 4) is 0 Å². The monoisotopic (exact) mass is 279 g/mol. The van der Waals surface area contributed by atoms with E-state index >= 15 is 0 Å². The molecule has 0 fully saturated rings. The molecule has 1 unspecified atom stereocenters. The fraction of sp³-hybridized carbons (Fsp3) is 0.615. The molecule has 0 radical (unpaired) electrons. The minimum atomic E-state index is 0.274. The van der Waals surface area contributed by atoms with E-state index in [4.69, 9.17) is 0 Å². The number of aryl methyl sites for hydroxylation is 2. The summed E-state index contributed by atoms with van der Waals surface area (Å²) < 4.78 is 6.06. The molecule has 2 rings (SSSR count). The van der Waals surface area contributed by atoms with Crippen LogP contribution in [-0.4, -0.2) is 26.4 Å². The molecule has 0 amide bonds. The summed E-state index contributed by atoms with van der Waals surface area (Å²) in [4.78, 5) is 1.26. The van der Waals surface area contributed by atoms with E-state index in [1.165, 1.54) is 22.0 Å². The molecule has 2 aromatic heterocycles. The maximum absolute atomic E-state index is 4.32. The Morgan fingerprint density at radius 3 is 2.89 bits per heavy atom. The minimum absolute atomic E-state index is 0.274. The first-order chi connectivity index (χ1) is 9.28. The second kappa shape index (κ2) is 6.77. The SMILES string of the molecule is CCCc1nnsc1C(Cc1cnn(CC)c1)NC. The lowest BCUT2D eigenvalue weighted by atomic mass is 10.1. The van der Waals surface area contributed by atoms with E-state index in [9.17, 15) is 0 Å². The van der Waals surface area contributed by atoms with Gasteiger partial charge in [0.05, 0.1) is 16.8 Å². The Kier molecular flexibility index (Phi) is 5.04. The van der Waals surface area contributed by atoms with E-state index in [0.717, 1.165) is 31.5 Å². The average Bonchev–Trinajstić information content (AvgIpc) is 3.05. The zero-order valence-electron chi connectivity index (χ0n) is 11.8. The van der Waals surface area contributed by atoms with Gasteiger partial charge in [-0.2, -0.15) is 5.10 Å². The number of rotatable bonds is 7. The van der Waals surface area contributed by atoms with Crippen LogP contribution >= 0.6 is 11.5 Å². The van der Waals surface area contributed by atoms with Crippen molar-refractivity contribution >= 4 is 11.5 Å². The third kappa shape index (κ3) is 3.39. The van der Waals surface area contributed by atoms with Gasteiger partial charge in [0.25, 0.3) is 0 Å². The molecule has 0 saturated carbocycles. The number of aromatic nitrogens is 4. The molecule has 0 aromatic carbocycles. The van der Waals surface area contributed by atoms with Crippen LogP contribution in [0.5, 0.6) is 0 Å². The van der Waals surface area contributed by atoms with Gasteiger partial charge in [-0.1, -0.05) is 17.8 Å². The Labute approximate surface area is 118 Å². The smallest absolute Gasteiger partial charge is 0.0803 e. The predicted octanol–water partition coefficient (Wildman–Crippen LogP) is 2.21. The van der Waals surface area contributed by atoms with E-state index in [1.54, 1.807) is 0 Å². The molecule has 0 spiro atoms. The molecule has 0 aliphatic rings. The summed E-state index contributed by atoms with van der Waals surface area (Å²) in [6.07, 6.45) is 7.08. The highest BCUT2D eigenvalue weighted by molar-refractivity contribution is 7.05. The lowest BCUT2D eigenvalue weighted by molar-refractivity contribution is 0.592. The number of nitrogens with zero attached hydrogens (tertiary/aromatic N) is 4. The molecule has 104 valence electrons. The second-order valence-electron chi connectivity index (χ2n) is 4.58. The van der Waals surface area contributed by atoms with Crippen molar-refractivity contribution in [3.63, 3.8) is 0 Å². The Bertz CT molecular complexity index is 505. The number of hydrogen-bond acceptors (Lipinski definition) is 5. The molecule has 1 N–H and O–H groups in total. The maximum atomic E-state index is 4.32. The van der Waals surface area contributed by atoms with Crippen molar-refractivity contribution < 1.29 is 0 Å². The van der Waals surface area contributed by atoms with Gasteiger partial charge in [-0.15, -0.1) is 5.10 Å². The van der Waals surface area contributed by atoms with E-state index in [-0.39, 0.29) is 6.04 Å². The highest BCUT2D eigenvalue weighted by Crippen LogP contribution is 2.24. The normalized spacial score (nSPS) is 12.8. The van der Waals surface area contributed by atoms with Gasteiger partial charge in [-0.25, -0.2) is 0 Å². The topological polar surface area (TPSA) is 55.6 Å². The lowest BCUT2D eigenvalue weighted by Crippen LogP contribution is -2.19. The van der Waals surface area contributed by atoms with Crippen LogP contribution in [0.4, 0.5) is 0 Å². The summed E-state index contributed by atoms with van der Waals surface area (Å²) in [6, 6.07) is 0.274. The average molecular weight is 279 g/mol. The molecule has 0 aliphatic carbocycles. The van der Waals surface area contributed by atoms with E-state index in [1.807, 2.05) is 17.9 Å². The van der Waals surface area contributed by atoms with Crippen LogP contribution in [0.25, 0.3) is 0 Å². The van der Waals surface area contributed by atoms with Crippen LogP contribution in [0.2, 0.25) is 0 Å². The van der Waals surface area contributed by atoms with Crippen molar-refractivity contribution in [2.24, 2.45) is 0 Å². The molecule has 19 heavy (non-hydrogen) atoms. The fourth-order valence-corrected chi connectivity index (χ4v) is 2.94. The van der Waals surface area contributed by atoms with E-state index < -0.39 is 0 Å². The summed E-state index contributed by atoms with van der Waals surface area (Å²) in [5.74, 6) is 0. The van der Waals surface area contributed by atoms with Gasteiger partial charge in [0.2, 0.25) is 0 Å². The maximum Gasteiger partial charge on any atom is 0.0803 e. The Balaban J connectivity index is 2.12. The van der Waals surface area contributed by atoms with Crippen LogP contribution in [0, 0.1) is 0 Å². The summed E-state index contributed by atoms with van der Waals surface area (Å²) in [7, 11) is 1.99. The summed E-state index contributed by atoms with van der Waals surface area (Å²) in [5, 5.41) is 11.9. The first-order valence-electron chi connectivity index (χ1n) is 6.78.